The van der Waals surface area contributed by atoms with Crippen molar-refractivity contribution in [1.29, 1.82) is 0 Å². The van der Waals surface area contributed by atoms with Crippen LogP contribution in [0.4, 0.5) is 0 Å². The van der Waals surface area contributed by atoms with Gasteiger partial charge in [0.1, 0.15) is 11.7 Å². The third kappa shape index (κ3) is 5.65. The summed E-state index contributed by atoms with van der Waals surface area (Å²) in [5, 5.41) is 9.87. The van der Waals surface area contributed by atoms with Crippen molar-refractivity contribution in [2.75, 3.05) is 26.7 Å². The van der Waals surface area contributed by atoms with Crippen molar-refractivity contribution in [3.05, 3.63) is 59.6 Å². The van der Waals surface area contributed by atoms with Crippen LogP contribution in [0.5, 0.6) is 5.88 Å². The molecule has 0 radical (unpaired) electrons. The second kappa shape index (κ2) is 11.1. The van der Waals surface area contributed by atoms with E-state index in [9.17, 15) is 9.90 Å². The fraction of sp³-hybridized carbons (Fsp3) is 0.519. The highest BCUT2D eigenvalue weighted by molar-refractivity contribution is 5.97. The molecule has 0 fully saturated rings. The average molecular weight is 465 g/mol. The Morgan fingerprint density at radius 1 is 1.29 bits per heavy atom. The van der Waals surface area contributed by atoms with Crippen molar-refractivity contribution in [2.24, 2.45) is 5.92 Å². The standard InChI is InChI=1S/C27H36N4O3/c1-19-15-31(20(2)18-32)27(33)24-13-23(22-7-5-4-6-8-22)14-29-26(24)34-25(19)17-30(3)16-21-9-11-28-12-10-21/h7,9-14,19-20,25,32H,4-6,8,15-18H2,1-3H3/t19-,20+,25+/m0/s1. The van der Waals surface area contributed by atoms with Gasteiger partial charge in [0, 0.05) is 44.1 Å². The fourth-order valence-electron chi connectivity index (χ4n) is 4.77. The van der Waals surface area contributed by atoms with Crippen LogP contribution in [0.3, 0.4) is 0 Å². The number of pyridine rings is 2. The van der Waals surface area contributed by atoms with Gasteiger partial charge in [-0.2, -0.15) is 0 Å². The molecule has 182 valence electrons. The molecule has 0 saturated carbocycles. The van der Waals surface area contributed by atoms with Crippen LogP contribution in [0.2, 0.25) is 0 Å². The molecule has 0 bridgehead atoms. The summed E-state index contributed by atoms with van der Waals surface area (Å²) in [5.74, 6) is 0.320. The number of hydrogen-bond acceptors (Lipinski definition) is 6. The number of ether oxygens (including phenoxy) is 1. The number of allylic oxidation sites excluding steroid dienone is 2. The predicted octanol–water partition coefficient (Wildman–Crippen LogP) is 3.79. The summed E-state index contributed by atoms with van der Waals surface area (Å²) in [6, 6.07) is 5.68. The van der Waals surface area contributed by atoms with Crippen LogP contribution in [0.25, 0.3) is 5.57 Å². The zero-order valence-electron chi connectivity index (χ0n) is 20.5. The molecule has 3 atom stereocenters. The number of aliphatic hydroxyl groups is 1. The monoisotopic (exact) mass is 464 g/mol. The molecule has 0 unspecified atom stereocenters. The van der Waals surface area contributed by atoms with Gasteiger partial charge >= 0.3 is 0 Å². The summed E-state index contributed by atoms with van der Waals surface area (Å²) in [4.78, 5) is 26.3. The molecular weight excluding hydrogens is 428 g/mol. The van der Waals surface area contributed by atoms with Crippen LogP contribution in [0, 0.1) is 5.92 Å². The summed E-state index contributed by atoms with van der Waals surface area (Å²) in [5.41, 5.74) is 3.91. The third-order valence-corrected chi connectivity index (χ3v) is 6.88. The quantitative estimate of drug-likeness (QED) is 0.672. The molecule has 1 N–H and O–H groups in total. The maximum atomic E-state index is 13.6. The first-order chi connectivity index (χ1) is 16.5. The van der Waals surface area contributed by atoms with Gasteiger partial charge in [0.05, 0.1) is 12.6 Å². The molecule has 7 nitrogen and oxygen atoms in total. The van der Waals surface area contributed by atoms with Crippen LogP contribution in [-0.4, -0.2) is 69.7 Å². The van der Waals surface area contributed by atoms with Gasteiger partial charge in [-0.3, -0.25) is 14.7 Å². The number of nitrogens with zero attached hydrogens (tertiary/aromatic N) is 4. The molecule has 4 rings (SSSR count). The minimum absolute atomic E-state index is 0.0634. The Kier molecular flexibility index (Phi) is 7.95. The summed E-state index contributed by atoms with van der Waals surface area (Å²) in [6.45, 7) is 5.88. The second-order valence-corrected chi connectivity index (χ2v) is 9.73. The lowest BCUT2D eigenvalue weighted by Crippen LogP contribution is -2.49. The molecule has 0 saturated heterocycles. The van der Waals surface area contributed by atoms with Gasteiger partial charge in [0.25, 0.3) is 5.91 Å². The smallest absolute Gasteiger partial charge is 0.259 e. The van der Waals surface area contributed by atoms with Gasteiger partial charge < -0.3 is 14.7 Å². The highest BCUT2D eigenvalue weighted by Gasteiger charge is 2.34. The molecule has 2 aromatic rings. The largest absolute Gasteiger partial charge is 0.472 e. The van der Waals surface area contributed by atoms with E-state index < -0.39 is 0 Å². The van der Waals surface area contributed by atoms with Gasteiger partial charge in [-0.15, -0.1) is 0 Å². The van der Waals surface area contributed by atoms with E-state index in [0.29, 0.717) is 24.5 Å². The Balaban J connectivity index is 1.63. The molecule has 1 aliphatic heterocycles. The van der Waals surface area contributed by atoms with Crippen molar-refractivity contribution in [3.63, 3.8) is 0 Å². The van der Waals surface area contributed by atoms with E-state index in [1.54, 1.807) is 17.3 Å². The minimum atomic E-state index is -0.284. The van der Waals surface area contributed by atoms with Crippen molar-refractivity contribution in [2.45, 2.75) is 58.2 Å². The molecule has 1 amide bonds. The van der Waals surface area contributed by atoms with Crippen LogP contribution < -0.4 is 4.74 Å². The number of likely N-dealkylation sites (N-methyl/N-ethyl adjacent to an activating group) is 1. The van der Waals surface area contributed by atoms with Crippen LogP contribution in [-0.2, 0) is 6.54 Å². The second-order valence-electron chi connectivity index (χ2n) is 9.73. The van der Waals surface area contributed by atoms with Crippen molar-refractivity contribution < 1.29 is 14.6 Å². The zero-order valence-corrected chi connectivity index (χ0v) is 20.5. The first kappa shape index (κ1) is 24.4. The molecule has 1 aliphatic carbocycles. The zero-order chi connectivity index (χ0) is 24.1. The van der Waals surface area contributed by atoms with Gasteiger partial charge in [-0.25, -0.2) is 4.98 Å². The number of aromatic nitrogens is 2. The Morgan fingerprint density at radius 3 is 2.79 bits per heavy atom. The highest BCUT2D eigenvalue weighted by atomic mass is 16.5. The highest BCUT2D eigenvalue weighted by Crippen LogP contribution is 2.32. The molecule has 7 heteroatoms. The van der Waals surface area contributed by atoms with E-state index in [2.05, 4.69) is 34.9 Å². The summed E-state index contributed by atoms with van der Waals surface area (Å²) < 4.78 is 6.44. The molecule has 2 aromatic heterocycles. The predicted molar refractivity (Wildman–Crippen MR) is 132 cm³/mol. The number of hydrogen-bond donors (Lipinski definition) is 1. The van der Waals surface area contributed by atoms with E-state index in [1.165, 1.54) is 17.6 Å². The van der Waals surface area contributed by atoms with Crippen LogP contribution >= 0.6 is 0 Å². The molecule has 3 heterocycles. The number of rotatable bonds is 7. The lowest BCUT2D eigenvalue weighted by Gasteiger charge is -2.37. The van der Waals surface area contributed by atoms with Gasteiger partial charge in [-0.1, -0.05) is 13.0 Å². The molecule has 34 heavy (non-hydrogen) atoms. The number of aliphatic hydroxyl groups excluding tert-OH is 1. The van der Waals surface area contributed by atoms with E-state index in [1.807, 2.05) is 31.3 Å². The number of amides is 1. The van der Waals surface area contributed by atoms with Gasteiger partial charge in [0.15, 0.2) is 0 Å². The first-order valence-electron chi connectivity index (χ1n) is 12.3. The lowest BCUT2D eigenvalue weighted by atomic mass is 9.93. The fourth-order valence-corrected chi connectivity index (χ4v) is 4.77. The Labute approximate surface area is 202 Å². The normalized spacial score (nSPS) is 21.9. The number of carbonyl (C=O) groups excluding carboxylic acids is 1. The number of fused-ring (bicyclic) bond motifs is 1. The Morgan fingerprint density at radius 2 is 2.09 bits per heavy atom. The van der Waals surface area contributed by atoms with E-state index in [0.717, 1.165) is 31.4 Å². The summed E-state index contributed by atoms with van der Waals surface area (Å²) >= 11 is 0. The Hall–Kier alpha value is -2.77. The lowest BCUT2D eigenvalue weighted by molar-refractivity contribution is 0.0325. The van der Waals surface area contributed by atoms with Crippen molar-refractivity contribution in [3.8, 4) is 5.88 Å². The average Bonchev–Trinajstić information content (AvgIpc) is 2.86. The van der Waals surface area contributed by atoms with Gasteiger partial charge in [0.2, 0.25) is 5.88 Å². The molecular formula is C27H36N4O3. The van der Waals surface area contributed by atoms with Crippen molar-refractivity contribution in [1.82, 2.24) is 19.8 Å². The third-order valence-electron chi connectivity index (χ3n) is 6.88. The maximum absolute atomic E-state index is 13.6. The maximum Gasteiger partial charge on any atom is 0.259 e. The van der Waals surface area contributed by atoms with Gasteiger partial charge in [-0.05, 0) is 74.6 Å². The molecule has 0 aromatic carbocycles. The summed E-state index contributed by atoms with van der Waals surface area (Å²) in [6.07, 6.45) is 12.0. The Bertz CT molecular complexity index is 1010. The van der Waals surface area contributed by atoms with E-state index >= 15 is 0 Å². The molecule has 2 aliphatic rings. The van der Waals surface area contributed by atoms with E-state index in [-0.39, 0.29) is 30.6 Å². The first-order valence-corrected chi connectivity index (χ1v) is 12.3. The van der Waals surface area contributed by atoms with E-state index in [4.69, 9.17) is 4.74 Å². The summed E-state index contributed by atoms with van der Waals surface area (Å²) in [7, 11) is 2.07. The van der Waals surface area contributed by atoms with Crippen LogP contribution in [0.15, 0.2) is 42.9 Å². The molecule has 0 spiro atoms. The van der Waals surface area contributed by atoms with Crippen LogP contribution in [0.1, 0.15) is 61.0 Å². The minimum Gasteiger partial charge on any atom is -0.472 e. The topological polar surface area (TPSA) is 78.8 Å². The van der Waals surface area contributed by atoms with Crippen molar-refractivity contribution >= 4 is 11.5 Å². The SMILES string of the molecule is C[C@H](CO)N1C[C@H](C)[C@@H](CN(C)Cc2ccncc2)Oc2ncc(C3=CCCCC3)cc2C1=O. The number of carbonyl (C=O) groups is 1.